The van der Waals surface area contributed by atoms with E-state index in [0.29, 0.717) is 18.9 Å². The maximum atomic E-state index is 11.8. The van der Waals surface area contributed by atoms with Gasteiger partial charge in [0.25, 0.3) is 0 Å². The Bertz CT molecular complexity index is 271. The molecule has 138 valence electrons. The van der Waals surface area contributed by atoms with Crippen molar-refractivity contribution in [2.24, 2.45) is 17.8 Å². The molecule has 1 atom stereocenters. The first-order chi connectivity index (χ1) is 11.0. The predicted molar refractivity (Wildman–Crippen MR) is 101 cm³/mol. The first kappa shape index (κ1) is 22.5. The van der Waals surface area contributed by atoms with E-state index in [2.05, 4.69) is 34.6 Å². The third kappa shape index (κ3) is 16.1. The monoisotopic (exact) mass is 326 g/mol. The second-order valence-corrected chi connectivity index (χ2v) is 8.01. The highest BCUT2D eigenvalue weighted by molar-refractivity contribution is 5.69. The molecule has 0 aliphatic rings. The van der Waals surface area contributed by atoms with Crippen molar-refractivity contribution in [3.63, 3.8) is 0 Å². The standard InChI is InChI=1S/C21H42O2/c1-6-12-20(16-15-19(4)5)17-23-21(22)14-11-9-7-8-10-13-18(2)3/h18-20H,6-17H2,1-5H3. The first-order valence-electron chi connectivity index (χ1n) is 10.1. The van der Waals surface area contributed by atoms with Crippen molar-refractivity contribution in [2.45, 2.75) is 105 Å². The highest BCUT2D eigenvalue weighted by Gasteiger charge is 2.12. The minimum Gasteiger partial charge on any atom is -0.465 e. The molecule has 0 bridgehead atoms. The van der Waals surface area contributed by atoms with Crippen molar-refractivity contribution in [1.82, 2.24) is 0 Å². The zero-order valence-corrected chi connectivity index (χ0v) is 16.5. The van der Waals surface area contributed by atoms with E-state index in [-0.39, 0.29) is 5.97 Å². The molecule has 0 aromatic carbocycles. The van der Waals surface area contributed by atoms with Crippen LogP contribution < -0.4 is 0 Å². The zero-order chi connectivity index (χ0) is 17.5. The van der Waals surface area contributed by atoms with Gasteiger partial charge in [-0.05, 0) is 37.0 Å². The van der Waals surface area contributed by atoms with Crippen LogP contribution >= 0.6 is 0 Å². The maximum absolute atomic E-state index is 11.8. The van der Waals surface area contributed by atoms with E-state index in [1.54, 1.807) is 0 Å². The molecule has 0 aromatic rings. The zero-order valence-electron chi connectivity index (χ0n) is 16.5. The summed E-state index contributed by atoms with van der Waals surface area (Å²) < 4.78 is 5.51. The highest BCUT2D eigenvalue weighted by Crippen LogP contribution is 2.18. The van der Waals surface area contributed by atoms with Crippen LogP contribution in [0.5, 0.6) is 0 Å². The number of carbonyl (C=O) groups is 1. The van der Waals surface area contributed by atoms with E-state index in [0.717, 1.165) is 18.3 Å². The van der Waals surface area contributed by atoms with Crippen LogP contribution in [-0.2, 0) is 9.53 Å². The summed E-state index contributed by atoms with van der Waals surface area (Å²) in [5, 5.41) is 0. The summed E-state index contributed by atoms with van der Waals surface area (Å²) in [4.78, 5) is 11.8. The Kier molecular flexibility index (Phi) is 14.7. The largest absolute Gasteiger partial charge is 0.465 e. The highest BCUT2D eigenvalue weighted by atomic mass is 16.5. The van der Waals surface area contributed by atoms with Gasteiger partial charge in [-0.2, -0.15) is 0 Å². The quantitative estimate of drug-likeness (QED) is 0.245. The first-order valence-corrected chi connectivity index (χ1v) is 10.1. The Morgan fingerprint density at radius 3 is 2.00 bits per heavy atom. The van der Waals surface area contributed by atoms with Gasteiger partial charge < -0.3 is 4.74 Å². The summed E-state index contributed by atoms with van der Waals surface area (Å²) in [6.45, 7) is 11.9. The average Bonchev–Trinajstić information content (AvgIpc) is 2.48. The molecule has 2 nitrogen and oxygen atoms in total. The maximum Gasteiger partial charge on any atom is 0.305 e. The lowest BCUT2D eigenvalue weighted by atomic mass is 9.95. The number of carbonyl (C=O) groups excluding carboxylic acids is 1. The van der Waals surface area contributed by atoms with Crippen LogP contribution in [0.4, 0.5) is 0 Å². The van der Waals surface area contributed by atoms with Gasteiger partial charge in [-0.1, -0.05) is 79.6 Å². The van der Waals surface area contributed by atoms with Gasteiger partial charge in [0, 0.05) is 6.42 Å². The minimum absolute atomic E-state index is 0.0119. The number of ether oxygens (including phenoxy) is 1. The van der Waals surface area contributed by atoms with E-state index in [1.165, 1.54) is 57.8 Å². The lowest BCUT2D eigenvalue weighted by Crippen LogP contribution is -2.15. The molecule has 1 unspecified atom stereocenters. The minimum atomic E-state index is 0.0119. The van der Waals surface area contributed by atoms with Crippen molar-refractivity contribution >= 4 is 5.97 Å². The normalized spacial score (nSPS) is 12.8. The van der Waals surface area contributed by atoms with Gasteiger partial charge in [-0.15, -0.1) is 0 Å². The van der Waals surface area contributed by atoms with Crippen molar-refractivity contribution < 1.29 is 9.53 Å². The van der Waals surface area contributed by atoms with Crippen LogP contribution in [0.2, 0.25) is 0 Å². The molecule has 0 amide bonds. The SMILES string of the molecule is CCCC(CCC(C)C)COC(=O)CCCCCCCC(C)C. The van der Waals surface area contributed by atoms with E-state index < -0.39 is 0 Å². The van der Waals surface area contributed by atoms with E-state index in [9.17, 15) is 4.79 Å². The summed E-state index contributed by atoms with van der Waals surface area (Å²) in [5.74, 6) is 2.12. The molecule has 0 spiro atoms. The molecule has 0 N–H and O–H groups in total. The number of hydrogen-bond acceptors (Lipinski definition) is 2. The Hall–Kier alpha value is -0.530. The third-order valence-electron chi connectivity index (χ3n) is 4.49. The van der Waals surface area contributed by atoms with Crippen LogP contribution in [0.25, 0.3) is 0 Å². The van der Waals surface area contributed by atoms with Crippen molar-refractivity contribution in [3.05, 3.63) is 0 Å². The predicted octanol–water partition coefficient (Wildman–Crippen LogP) is 6.77. The van der Waals surface area contributed by atoms with Gasteiger partial charge in [0.1, 0.15) is 0 Å². The van der Waals surface area contributed by atoms with Crippen LogP contribution in [0.3, 0.4) is 0 Å². The van der Waals surface area contributed by atoms with Gasteiger partial charge in [0.05, 0.1) is 6.61 Å². The molecule has 0 radical (unpaired) electrons. The molecule has 0 saturated carbocycles. The summed E-state index contributed by atoms with van der Waals surface area (Å²) in [6, 6.07) is 0. The van der Waals surface area contributed by atoms with Crippen molar-refractivity contribution in [1.29, 1.82) is 0 Å². The number of rotatable bonds is 15. The van der Waals surface area contributed by atoms with Crippen molar-refractivity contribution in [2.75, 3.05) is 6.61 Å². The molecular weight excluding hydrogens is 284 g/mol. The van der Waals surface area contributed by atoms with E-state index in [4.69, 9.17) is 4.74 Å². The number of hydrogen-bond donors (Lipinski definition) is 0. The second-order valence-electron chi connectivity index (χ2n) is 8.01. The molecule has 23 heavy (non-hydrogen) atoms. The fraction of sp³-hybridized carbons (Fsp3) is 0.952. The average molecular weight is 327 g/mol. The molecular formula is C21H42O2. The number of unbranched alkanes of at least 4 members (excludes halogenated alkanes) is 4. The van der Waals surface area contributed by atoms with Crippen LogP contribution in [0.1, 0.15) is 105 Å². The summed E-state index contributed by atoms with van der Waals surface area (Å²) in [5.41, 5.74) is 0. The van der Waals surface area contributed by atoms with Gasteiger partial charge in [0.2, 0.25) is 0 Å². The van der Waals surface area contributed by atoms with Crippen molar-refractivity contribution in [3.8, 4) is 0 Å². The number of esters is 1. The lowest BCUT2D eigenvalue weighted by Gasteiger charge is -2.17. The fourth-order valence-electron chi connectivity index (χ4n) is 2.92. The van der Waals surface area contributed by atoms with Crippen LogP contribution in [0.15, 0.2) is 0 Å². The molecule has 0 fully saturated rings. The van der Waals surface area contributed by atoms with Gasteiger partial charge >= 0.3 is 5.97 Å². The molecule has 0 aromatic heterocycles. The third-order valence-corrected chi connectivity index (χ3v) is 4.49. The van der Waals surface area contributed by atoms with Gasteiger partial charge in [-0.3, -0.25) is 4.79 Å². The molecule has 0 aliphatic carbocycles. The molecule has 0 rings (SSSR count). The second kappa shape index (κ2) is 15.0. The van der Waals surface area contributed by atoms with Gasteiger partial charge in [0.15, 0.2) is 0 Å². The summed E-state index contributed by atoms with van der Waals surface area (Å²) in [6.07, 6.45) is 12.8. The summed E-state index contributed by atoms with van der Waals surface area (Å²) >= 11 is 0. The Labute approximate surface area is 145 Å². The van der Waals surface area contributed by atoms with E-state index in [1.807, 2.05) is 0 Å². The summed E-state index contributed by atoms with van der Waals surface area (Å²) in [7, 11) is 0. The molecule has 0 saturated heterocycles. The Balaban J connectivity index is 3.62. The lowest BCUT2D eigenvalue weighted by molar-refractivity contribution is -0.145. The van der Waals surface area contributed by atoms with Crippen LogP contribution in [0, 0.1) is 17.8 Å². The topological polar surface area (TPSA) is 26.3 Å². The van der Waals surface area contributed by atoms with Crippen LogP contribution in [-0.4, -0.2) is 12.6 Å². The fourth-order valence-corrected chi connectivity index (χ4v) is 2.92. The molecule has 0 aliphatic heterocycles. The Morgan fingerprint density at radius 2 is 1.39 bits per heavy atom. The Morgan fingerprint density at radius 1 is 0.783 bits per heavy atom. The van der Waals surface area contributed by atoms with E-state index >= 15 is 0 Å². The van der Waals surface area contributed by atoms with Gasteiger partial charge in [-0.25, -0.2) is 0 Å². The molecule has 2 heteroatoms. The smallest absolute Gasteiger partial charge is 0.305 e. The molecule has 0 heterocycles.